The molecule has 4 rings (SSSR count). The second-order valence-corrected chi connectivity index (χ2v) is 10.1. The second kappa shape index (κ2) is 8.99. The minimum atomic E-state index is -3.90. The van der Waals surface area contributed by atoms with Crippen molar-refractivity contribution in [1.82, 2.24) is 9.62 Å². The molecule has 0 aliphatic carbocycles. The van der Waals surface area contributed by atoms with Crippen molar-refractivity contribution >= 4 is 39.3 Å². The molecule has 2 aromatic rings. The Balaban J connectivity index is 1.54. The van der Waals surface area contributed by atoms with E-state index < -0.39 is 16.1 Å². The Labute approximate surface area is 193 Å². The Kier molecular flexibility index (Phi) is 6.30. The van der Waals surface area contributed by atoms with Crippen molar-refractivity contribution in [1.29, 1.82) is 0 Å². The third-order valence-electron chi connectivity index (χ3n) is 5.73. The Morgan fingerprint density at radius 2 is 2.06 bits per heavy atom. The number of urea groups is 1. The van der Waals surface area contributed by atoms with Crippen LogP contribution < -0.4 is 16.0 Å². The summed E-state index contributed by atoms with van der Waals surface area (Å²) in [5.74, 6) is -0.0626. The number of rotatable bonds is 6. The highest BCUT2D eigenvalue weighted by Crippen LogP contribution is 2.34. The van der Waals surface area contributed by atoms with Crippen LogP contribution in [0.3, 0.4) is 0 Å². The van der Waals surface area contributed by atoms with E-state index >= 15 is 0 Å². The molecule has 1 atom stereocenters. The molecule has 0 radical (unpaired) electrons. The lowest BCUT2D eigenvalue weighted by atomic mass is 10.1. The predicted octanol–water partition coefficient (Wildman–Crippen LogP) is 3.27. The minimum absolute atomic E-state index is 0.0626. The number of hydrogen-bond acceptors (Lipinski definition) is 5. The molecule has 2 aromatic carbocycles. The number of carbonyl (C=O) groups is 1. The third kappa shape index (κ3) is 4.14. The fourth-order valence-electron chi connectivity index (χ4n) is 3.99. The first kappa shape index (κ1) is 22.4. The summed E-state index contributed by atoms with van der Waals surface area (Å²) in [6.45, 7) is 3.28. The summed E-state index contributed by atoms with van der Waals surface area (Å²) in [5, 5.41) is 3.42. The summed E-state index contributed by atoms with van der Waals surface area (Å²) in [6.07, 6.45) is 2.50. The SMILES string of the molecule is CCCCNC(=O)N1CCc2cc(S(=O)(=O)N3C[C@H](c4ccccc4Cl)N=C3N)ccc21. The average molecular weight is 476 g/mol. The number of fused-ring (bicyclic) bond motifs is 1. The van der Waals surface area contributed by atoms with Gasteiger partial charge in [0.2, 0.25) is 5.96 Å². The topological polar surface area (TPSA) is 108 Å². The maximum Gasteiger partial charge on any atom is 0.321 e. The van der Waals surface area contributed by atoms with Gasteiger partial charge in [-0.3, -0.25) is 4.90 Å². The van der Waals surface area contributed by atoms with Gasteiger partial charge in [0.1, 0.15) is 0 Å². The summed E-state index contributed by atoms with van der Waals surface area (Å²) < 4.78 is 27.8. The lowest BCUT2D eigenvalue weighted by Gasteiger charge is -2.21. The van der Waals surface area contributed by atoms with Crippen LogP contribution in [0, 0.1) is 0 Å². The zero-order valence-electron chi connectivity index (χ0n) is 17.8. The summed E-state index contributed by atoms with van der Waals surface area (Å²) in [4.78, 5) is 18.6. The number of nitrogens with zero attached hydrogens (tertiary/aromatic N) is 3. The fourth-order valence-corrected chi connectivity index (χ4v) is 5.67. The van der Waals surface area contributed by atoms with Crippen LogP contribution >= 0.6 is 11.6 Å². The number of nitrogens with two attached hydrogens (primary N) is 1. The first-order chi connectivity index (χ1) is 15.3. The van der Waals surface area contributed by atoms with Crippen LogP contribution in [0.1, 0.15) is 36.9 Å². The lowest BCUT2D eigenvalue weighted by molar-refractivity contribution is 0.246. The summed E-state index contributed by atoms with van der Waals surface area (Å²) in [7, 11) is -3.90. The van der Waals surface area contributed by atoms with Gasteiger partial charge in [-0.1, -0.05) is 43.1 Å². The van der Waals surface area contributed by atoms with Crippen LogP contribution in [-0.4, -0.2) is 44.3 Å². The molecule has 2 heterocycles. The first-order valence-corrected chi connectivity index (χ1v) is 12.4. The van der Waals surface area contributed by atoms with E-state index in [0.717, 1.165) is 34.0 Å². The molecule has 0 aromatic heterocycles. The molecule has 2 aliphatic rings. The summed E-state index contributed by atoms with van der Waals surface area (Å²) in [5.41, 5.74) is 8.28. The Morgan fingerprint density at radius 1 is 1.28 bits per heavy atom. The minimum Gasteiger partial charge on any atom is -0.369 e. The Morgan fingerprint density at radius 3 is 2.81 bits per heavy atom. The van der Waals surface area contributed by atoms with Crippen molar-refractivity contribution < 1.29 is 13.2 Å². The maximum atomic E-state index is 13.3. The van der Waals surface area contributed by atoms with Gasteiger partial charge in [0.25, 0.3) is 10.0 Å². The molecule has 170 valence electrons. The fraction of sp³-hybridized carbons (Fsp3) is 0.364. The Hall–Kier alpha value is -2.78. The summed E-state index contributed by atoms with van der Waals surface area (Å²) in [6, 6.07) is 11.4. The highest BCUT2D eigenvalue weighted by atomic mass is 35.5. The third-order valence-corrected chi connectivity index (χ3v) is 7.84. The van der Waals surface area contributed by atoms with E-state index in [1.165, 1.54) is 6.07 Å². The molecular formula is C22H26ClN5O3S. The van der Waals surface area contributed by atoms with E-state index in [2.05, 4.69) is 17.2 Å². The van der Waals surface area contributed by atoms with Gasteiger partial charge in [-0.15, -0.1) is 0 Å². The number of benzene rings is 2. The number of sulfonamides is 1. The number of unbranched alkanes of at least 4 members (excludes halogenated alkanes) is 1. The van der Waals surface area contributed by atoms with Crippen LogP contribution in [-0.2, 0) is 16.4 Å². The van der Waals surface area contributed by atoms with Gasteiger partial charge in [-0.2, -0.15) is 0 Å². The van der Waals surface area contributed by atoms with Gasteiger partial charge < -0.3 is 11.1 Å². The monoisotopic (exact) mass is 475 g/mol. The number of anilines is 1. The molecule has 8 nitrogen and oxygen atoms in total. The van der Waals surface area contributed by atoms with Crippen molar-refractivity contribution in [2.24, 2.45) is 10.7 Å². The largest absolute Gasteiger partial charge is 0.369 e. The van der Waals surface area contributed by atoms with E-state index in [1.54, 1.807) is 29.2 Å². The smallest absolute Gasteiger partial charge is 0.321 e. The molecule has 0 bridgehead atoms. The van der Waals surface area contributed by atoms with Crippen molar-refractivity contribution in [3.8, 4) is 0 Å². The predicted molar refractivity (Wildman–Crippen MR) is 126 cm³/mol. The molecule has 3 N–H and O–H groups in total. The molecule has 2 amide bonds. The van der Waals surface area contributed by atoms with Crippen LogP contribution in [0.2, 0.25) is 5.02 Å². The Bertz CT molecular complexity index is 1170. The molecule has 2 aliphatic heterocycles. The molecule has 0 unspecified atom stereocenters. The van der Waals surface area contributed by atoms with E-state index in [1.807, 2.05) is 12.1 Å². The maximum absolute atomic E-state index is 13.3. The van der Waals surface area contributed by atoms with Crippen LogP contribution in [0.25, 0.3) is 0 Å². The highest BCUT2D eigenvalue weighted by molar-refractivity contribution is 7.89. The number of hydrogen-bond donors (Lipinski definition) is 2. The van der Waals surface area contributed by atoms with E-state index in [0.29, 0.717) is 24.5 Å². The average Bonchev–Trinajstić information content (AvgIpc) is 3.37. The van der Waals surface area contributed by atoms with Gasteiger partial charge in [0, 0.05) is 23.8 Å². The van der Waals surface area contributed by atoms with Crippen molar-refractivity contribution in [2.75, 3.05) is 24.5 Å². The highest BCUT2D eigenvalue weighted by Gasteiger charge is 2.36. The lowest BCUT2D eigenvalue weighted by Crippen LogP contribution is -2.39. The van der Waals surface area contributed by atoms with E-state index in [9.17, 15) is 13.2 Å². The number of nitrogens with one attached hydrogen (secondary N) is 1. The molecule has 10 heteroatoms. The van der Waals surface area contributed by atoms with E-state index in [4.69, 9.17) is 17.3 Å². The van der Waals surface area contributed by atoms with Crippen molar-refractivity contribution in [3.63, 3.8) is 0 Å². The quantitative estimate of drug-likeness (QED) is 0.625. The van der Waals surface area contributed by atoms with Gasteiger partial charge >= 0.3 is 6.03 Å². The number of guanidine groups is 1. The number of amides is 2. The van der Waals surface area contributed by atoms with Crippen LogP contribution in [0.4, 0.5) is 10.5 Å². The molecular weight excluding hydrogens is 450 g/mol. The summed E-state index contributed by atoms with van der Waals surface area (Å²) >= 11 is 6.26. The van der Waals surface area contributed by atoms with E-state index in [-0.39, 0.29) is 23.4 Å². The molecule has 32 heavy (non-hydrogen) atoms. The number of carbonyl (C=O) groups excluding carboxylic acids is 1. The molecule has 0 spiro atoms. The van der Waals surface area contributed by atoms with Gasteiger partial charge in [0.15, 0.2) is 0 Å². The van der Waals surface area contributed by atoms with Gasteiger partial charge in [-0.25, -0.2) is 22.5 Å². The van der Waals surface area contributed by atoms with Gasteiger partial charge in [-0.05, 0) is 48.2 Å². The zero-order valence-corrected chi connectivity index (χ0v) is 19.4. The standard InChI is InChI=1S/C22H26ClN5O3S/c1-2-3-11-25-22(29)27-12-10-15-13-16(8-9-20(15)27)32(30,31)28-14-19(26-21(28)24)17-6-4-5-7-18(17)23/h4-9,13,19H,2-3,10-12,14H2,1H3,(H2,24,26)(H,25,29)/t19-/m1/s1. The van der Waals surface area contributed by atoms with Gasteiger partial charge in [0.05, 0.1) is 17.5 Å². The molecule has 0 saturated carbocycles. The zero-order chi connectivity index (χ0) is 22.9. The second-order valence-electron chi connectivity index (χ2n) is 7.84. The number of aliphatic imine (C=N–C) groups is 1. The van der Waals surface area contributed by atoms with Crippen LogP contribution in [0.5, 0.6) is 0 Å². The van der Waals surface area contributed by atoms with Crippen LogP contribution in [0.15, 0.2) is 52.4 Å². The number of halogens is 1. The normalized spacial score (nSPS) is 17.9. The molecule has 0 saturated heterocycles. The van der Waals surface area contributed by atoms with Crippen molar-refractivity contribution in [2.45, 2.75) is 37.1 Å². The van der Waals surface area contributed by atoms with Crippen molar-refractivity contribution in [3.05, 3.63) is 58.6 Å². The first-order valence-electron chi connectivity index (χ1n) is 10.6. The molecule has 0 fully saturated rings.